The molecule has 0 N–H and O–H groups in total. The first-order valence-corrected chi connectivity index (χ1v) is 6.73. The molecular weight excluding hydrogens is 281 g/mol. The van der Waals surface area contributed by atoms with Crippen LogP contribution in [0.15, 0.2) is 42.5 Å². The van der Waals surface area contributed by atoms with Crippen LogP contribution in [0.4, 0.5) is 5.69 Å². The van der Waals surface area contributed by atoms with Gasteiger partial charge >= 0.3 is 0 Å². The van der Waals surface area contributed by atoms with Gasteiger partial charge in [0.25, 0.3) is 0 Å². The molecule has 0 atom stereocenters. The van der Waals surface area contributed by atoms with E-state index in [0.717, 1.165) is 16.8 Å². The fraction of sp³-hybridized carbons (Fsp3) is 0.133. The molecule has 0 spiro atoms. The highest BCUT2D eigenvalue weighted by atomic mass is 35.5. The smallest absolute Gasteiger partial charge is 0.231 e. The van der Waals surface area contributed by atoms with Gasteiger partial charge in [0.2, 0.25) is 5.91 Å². The van der Waals surface area contributed by atoms with Crippen molar-refractivity contribution in [3.8, 4) is 0 Å². The summed E-state index contributed by atoms with van der Waals surface area (Å²) in [6, 6.07) is 13.3. The lowest BCUT2D eigenvalue weighted by atomic mass is 10.1. The van der Waals surface area contributed by atoms with E-state index < -0.39 is 0 Å². The molecule has 4 heteroatoms. The van der Waals surface area contributed by atoms with Crippen LogP contribution < -0.4 is 4.90 Å². The average Bonchev–Trinajstić information content (AvgIpc) is 2.71. The lowest BCUT2D eigenvalue weighted by molar-refractivity contribution is -0.117. The molecule has 0 saturated carbocycles. The largest absolute Gasteiger partial charge is 0.307 e. The zero-order valence-corrected chi connectivity index (χ0v) is 11.6. The number of amides is 1. The molecule has 1 amide bonds. The zero-order valence-electron chi connectivity index (χ0n) is 10.1. The second-order valence-corrected chi connectivity index (χ2v) is 5.35. The highest BCUT2D eigenvalue weighted by Crippen LogP contribution is 2.31. The molecule has 0 saturated heterocycles. The van der Waals surface area contributed by atoms with Gasteiger partial charge in [0, 0.05) is 5.69 Å². The molecular formula is C15H11Cl2NO. The maximum Gasteiger partial charge on any atom is 0.231 e. The molecule has 0 aromatic heterocycles. The Morgan fingerprint density at radius 1 is 1.05 bits per heavy atom. The summed E-state index contributed by atoms with van der Waals surface area (Å²) in [4.78, 5) is 13.8. The first kappa shape index (κ1) is 12.5. The van der Waals surface area contributed by atoms with E-state index in [0.29, 0.717) is 23.0 Å². The Bertz CT molecular complexity index is 654. The van der Waals surface area contributed by atoms with Crippen LogP contribution in [0.5, 0.6) is 0 Å². The third kappa shape index (κ3) is 2.34. The van der Waals surface area contributed by atoms with Crippen molar-refractivity contribution in [2.75, 3.05) is 4.90 Å². The summed E-state index contributed by atoms with van der Waals surface area (Å²) in [5.41, 5.74) is 3.03. The van der Waals surface area contributed by atoms with Gasteiger partial charge in [-0.05, 0) is 29.3 Å². The lowest BCUT2D eigenvalue weighted by Gasteiger charge is -2.17. The number of carbonyl (C=O) groups excluding carboxylic acids is 1. The van der Waals surface area contributed by atoms with Gasteiger partial charge in [0.1, 0.15) is 0 Å². The van der Waals surface area contributed by atoms with Crippen LogP contribution in [0.1, 0.15) is 11.1 Å². The fourth-order valence-electron chi connectivity index (χ4n) is 2.31. The van der Waals surface area contributed by atoms with Crippen molar-refractivity contribution in [2.45, 2.75) is 13.0 Å². The number of rotatable bonds is 2. The Labute approximate surface area is 121 Å². The summed E-state index contributed by atoms with van der Waals surface area (Å²) >= 11 is 11.9. The van der Waals surface area contributed by atoms with Gasteiger partial charge in [-0.15, -0.1) is 0 Å². The van der Waals surface area contributed by atoms with E-state index in [1.54, 1.807) is 17.0 Å². The molecule has 0 fully saturated rings. The minimum Gasteiger partial charge on any atom is -0.307 e. The van der Waals surface area contributed by atoms with Gasteiger partial charge in [-0.2, -0.15) is 0 Å². The molecule has 2 nitrogen and oxygen atoms in total. The summed E-state index contributed by atoms with van der Waals surface area (Å²) in [6.07, 6.45) is 0.470. The molecule has 0 radical (unpaired) electrons. The Hall–Kier alpha value is -1.51. The first-order valence-electron chi connectivity index (χ1n) is 5.97. The van der Waals surface area contributed by atoms with Crippen molar-refractivity contribution < 1.29 is 4.79 Å². The van der Waals surface area contributed by atoms with E-state index >= 15 is 0 Å². The molecule has 2 aromatic rings. The van der Waals surface area contributed by atoms with Gasteiger partial charge in [-0.3, -0.25) is 4.79 Å². The quantitative estimate of drug-likeness (QED) is 0.816. The number of hydrogen-bond acceptors (Lipinski definition) is 1. The van der Waals surface area contributed by atoms with Gasteiger partial charge in [-0.25, -0.2) is 0 Å². The minimum atomic E-state index is 0.118. The number of para-hydroxylation sites is 1. The van der Waals surface area contributed by atoms with Crippen molar-refractivity contribution in [1.82, 2.24) is 0 Å². The zero-order chi connectivity index (χ0) is 13.4. The molecule has 0 unspecified atom stereocenters. The van der Waals surface area contributed by atoms with E-state index in [-0.39, 0.29) is 5.91 Å². The number of nitrogens with zero attached hydrogens (tertiary/aromatic N) is 1. The van der Waals surface area contributed by atoms with E-state index in [1.165, 1.54) is 0 Å². The van der Waals surface area contributed by atoms with Crippen LogP contribution in [0.2, 0.25) is 10.0 Å². The van der Waals surface area contributed by atoms with E-state index in [1.807, 2.05) is 30.3 Å². The van der Waals surface area contributed by atoms with Crippen LogP contribution in [0, 0.1) is 0 Å². The molecule has 1 aliphatic heterocycles. The highest BCUT2D eigenvalue weighted by Gasteiger charge is 2.26. The van der Waals surface area contributed by atoms with E-state index in [9.17, 15) is 4.79 Å². The fourth-order valence-corrected chi connectivity index (χ4v) is 2.63. The summed E-state index contributed by atoms with van der Waals surface area (Å²) in [6.45, 7) is 0.521. The van der Waals surface area contributed by atoms with Crippen molar-refractivity contribution in [2.24, 2.45) is 0 Å². The third-order valence-corrected chi connectivity index (χ3v) is 3.99. The molecule has 3 rings (SSSR count). The molecule has 0 bridgehead atoms. The molecule has 1 heterocycles. The van der Waals surface area contributed by atoms with Gasteiger partial charge in [-0.1, -0.05) is 47.5 Å². The number of benzene rings is 2. The summed E-state index contributed by atoms with van der Waals surface area (Å²) in [5.74, 6) is 0.118. The van der Waals surface area contributed by atoms with Crippen LogP contribution in [0.3, 0.4) is 0 Å². The normalized spacial score (nSPS) is 13.8. The van der Waals surface area contributed by atoms with Gasteiger partial charge in [0.05, 0.1) is 23.0 Å². The Kier molecular flexibility index (Phi) is 3.21. The van der Waals surface area contributed by atoms with Crippen LogP contribution in [0.25, 0.3) is 0 Å². The summed E-state index contributed by atoms with van der Waals surface area (Å²) in [5, 5.41) is 1.04. The van der Waals surface area contributed by atoms with Crippen molar-refractivity contribution >= 4 is 34.8 Å². The van der Waals surface area contributed by atoms with Crippen molar-refractivity contribution in [3.63, 3.8) is 0 Å². The van der Waals surface area contributed by atoms with Crippen LogP contribution in [-0.4, -0.2) is 5.91 Å². The minimum absolute atomic E-state index is 0.118. The first-order chi connectivity index (χ1) is 9.15. The SMILES string of the molecule is O=C1Cc2ccccc2N1Cc1ccc(Cl)c(Cl)c1. The number of anilines is 1. The number of fused-ring (bicyclic) bond motifs is 1. The lowest BCUT2D eigenvalue weighted by Crippen LogP contribution is -2.25. The average molecular weight is 292 g/mol. The highest BCUT2D eigenvalue weighted by molar-refractivity contribution is 6.42. The Balaban J connectivity index is 1.91. The standard InChI is InChI=1S/C15H11Cl2NO/c16-12-6-5-10(7-13(12)17)9-18-14-4-2-1-3-11(14)8-15(18)19/h1-7H,8-9H2. The van der Waals surface area contributed by atoms with E-state index in [2.05, 4.69) is 0 Å². The predicted molar refractivity (Wildman–Crippen MR) is 77.8 cm³/mol. The molecule has 0 aliphatic carbocycles. The monoisotopic (exact) mass is 291 g/mol. The summed E-state index contributed by atoms with van der Waals surface area (Å²) < 4.78 is 0. The molecule has 1 aliphatic rings. The van der Waals surface area contributed by atoms with Crippen molar-refractivity contribution in [1.29, 1.82) is 0 Å². The van der Waals surface area contributed by atoms with Gasteiger partial charge in [0.15, 0.2) is 0 Å². The van der Waals surface area contributed by atoms with Crippen LogP contribution >= 0.6 is 23.2 Å². The maximum absolute atomic E-state index is 12.1. The predicted octanol–water partition coefficient (Wildman–Crippen LogP) is 4.08. The number of halogens is 2. The third-order valence-electron chi connectivity index (χ3n) is 3.25. The van der Waals surface area contributed by atoms with E-state index in [4.69, 9.17) is 23.2 Å². The van der Waals surface area contributed by atoms with Crippen molar-refractivity contribution in [3.05, 3.63) is 63.6 Å². The Morgan fingerprint density at radius 2 is 1.84 bits per heavy atom. The molecule has 2 aromatic carbocycles. The second-order valence-electron chi connectivity index (χ2n) is 4.53. The van der Waals surface area contributed by atoms with Crippen LogP contribution in [-0.2, 0) is 17.8 Å². The maximum atomic E-state index is 12.1. The topological polar surface area (TPSA) is 20.3 Å². The number of hydrogen-bond donors (Lipinski definition) is 0. The van der Waals surface area contributed by atoms with Gasteiger partial charge < -0.3 is 4.90 Å². The molecule has 96 valence electrons. The summed E-state index contributed by atoms with van der Waals surface area (Å²) in [7, 11) is 0. The molecule has 19 heavy (non-hydrogen) atoms. The number of carbonyl (C=O) groups is 1. The second kappa shape index (κ2) is 4.87. The Morgan fingerprint density at radius 3 is 2.63 bits per heavy atom.